The van der Waals surface area contributed by atoms with Gasteiger partial charge in [-0.05, 0) is 55.8 Å². The van der Waals surface area contributed by atoms with E-state index in [0.717, 1.165) is 19.1 Å². The van der Waals surface area contributed by atoms with E-state index < -0.39 is 40.4 Å². The summed E-state index contributed by atoms with van der Waals surface area (Å²) < 4.78 is 115. The van der Waals surface area contributed by atoms with E-state index >= 15 is 8.78 Å². The summed E-state index contributed by atoms with van der Waals surface area (Å²) in [6, 6.07) is 13.6. The molecule has 5 rings (SSSR count). The Morgan fingerprint density at radius 3 is 2.20 bits per heavy atom. The van der Waals surface area contributed by atoms with Crippen molar-refractivity contribution in [1.82, 2.24) is 0 Å². The Morgan fingerprint density at radius 1 is 0.864 bits per heavy atom. The molecule has 2 aliphatic heterocycles. The van der Waals surface area contributed by atoms with E-state index in [2.05, 4.69) is 0 Å². The zero-order valence-electron chi connectivity index (χ0n) is 24.5. The van der Waals surface area contributed by atoms with Crippen LogP contribution in [0.15, 0.2) is 103 Å². The summed E-state index contributed by atoms with van der Waals surface area (Å²) in [4.78, 5) is 1.44. The van der Waals surface area contributed by atoms with Crippen LogP contribution in [0.1, 0.15) is 37.5 Å². The van der Waals surface area contributed by atoms with Gasteiger partial charge in [-0.15, -0.1) is 0 Å². The summed E-state index contributed by atoms with van der Waals surface area (Å²) in [6.07, 6.45) is 0.0355. The second kappa shape index (κ2) is 10.5. The molecule has 0 aliphatic carbocycles. The number of hydrogen-bond donors (Lipinski definition) is 0. The Bertz CT molecular complexity index is 1820. The lowest BCUT2D eigenvalue weighted by molar-refractivity contribution is -0.401. The smallest absolute Gasteiger partial charge is 0.347 e. The summed E-state index contributed by atoms with van der Waals surface area (Å²) in [7, 11) is 3.25. The quantitative estimate of drug-likeness (QED) is 0.157. The number of benzene rings is 3. The highest BCUT2D eigenvalue weighted by Gasteiger charge is 2.63. The second-order valence-electron chi connectivity index (χ2n) is 11.6. The number of likely N-dealkylation sites (N-methyl/N-ethyl adjacent to an activating group) is 1. The molecule has 230 valence electrons. The minimum Gasteiger partial charge on any atom is -0.347 e. The fourth-order valence-corrected chi connectivity index (χ4v) is 6.46. The Balaban J connectivity index is 1.55. The molecule has 1 unspecified atom stereocenters. The number of anilines is 1. The van der Waals surface area contributed by atoms with Crippen molar-refractivity contribution in [3.8, 4) is 0 Å². The molecular weight excluding hydrogens is 588 g/mol. The topological polar surface area (TPSA) is 6.25 Å². The van der Waals surface area contributed by atoms with Crippen LogP contribution in [0.5, 0.6) is 0 Å². The van der Waals surface area contributed by atoms with Gasteiger partial charge in [-0.2, -0.15) is 39.7 Å². The van der Waals surface area contributed by atoms with Gasteiger partial charge in [0.2, 0.25) is 11.5 Å². The average Bonchev–Trinajstić information content (AvgIpc) is 3.31. The molecule has 2 nitrogen and oxygen atoms in total. The number of halogens is 8. The van der Waals surface area contributed by atoms with Gasteiger partial charge in [-0.3, -0.25) is 0 Å². The molecule has 3 aromatic rings. The minimum absolute atomic E-state index is 0.0237. The summed E-state index contributed by atoms with van der Waals surface area (Å²) in [5.74, 6) is -7.39. The van der Waals surface area contributed by atoms with Gasteiger partial charge in [0.05, 0.1) is 11.0 Å². The third-order valence-corrected chi connectivity index (χ3v) is 8.80. The first-order valence-corrected chi connectivity index (χ1v) is 13.7. The summed E-state index contributed by atoms with van der Waals surface area (Å²) in [6.45, 7) is 4.66. The molecular formula is C34H29F8N2+. The summed E-state index contributed by atoms with van der Waals surface area (Å²) in [5, 5.41) is 0.977. The molecule has 1 atom stereocenters. The van der Waals surface area contributed by atoms with Gasteiger partial charge < -0.3 is 4.90 Å². The molecule has 0 fully saturated rings. The maximum Gasteiger partial charge on any atom is 0.416 e. The van der Waals surface area contributed by atoms with E-state index in [4.69, 9.17) is 0 Å². The zero-order valence-corrected chi connectivity index (χ0v) is 24.5. The van der Waals surface area contributed by atoms with Crippen molar-refractivity contribution in [3.05, 3.63) is 119 Å². The van der Waals surface area contributed by atoms with Gasteiger partial charge in [0, 0.05) is 41.7 Å². The highest BCUT2D eigenvalue weighted by Crippen LogP contribution is 2.59. The molecule has 0 N–H and O–H groups in total. The number of alkyl halides is 5. The van der Waals surface area contributed by atoms with Crippen molar-refractivity contribution >= 4 is 27.9 Å². The van der Waals surface area contributed by atoms with Crippen molar-refractivity contribution in [3.63, 3.8) is 0 Å². The van der Waals surface area contributed by atoms with Gasteiger partial charge in [-0.25, -0.2) is 0 Å². The third-order valence-electron chi connectivity index (χ3n) is 8.80. The van der Waals surface area contributed by atoms with E-state index in [1.165, 1.54) is 36.2 Å². The summed E-state index contributed by atoms with van der Waals surface area (Å²) >= 11 is 0. The lowest BCUT2D eigenvalue weighted by atomic mass is 9.73. The predicted molar refractivity (Wildman–Crippen MR) is 157 cm³/mol. The van der Waals surface area contributed by atoms with Crippen LogP contribution in [0, 0.1) is 0 Å². The number of fused-ring (bicyclic) bond motifs is 4. The zero-order chi connectivity index (χ0) is 32.4. The van der Waals surface area contributed by atoms with Gasteiger partial charge in [0.1, 0.15) is 12.5 Å². The molecule has 44 heavy (non-hydrogen) atoms. The normalized spacial score (nSPS) is 20.8. The lowest BCUT2D eigenvalue weighted by Crippen LogP contribution is -2.45. The van der Waals surface area contributed by atoms with E-state index in [1.807, 2.05) is 0 Å². The Kier molecular flexibility index (Phi) is 7.42. The van der Waals surface area contributed by atoms with E-state index in [0.29, 0.717) is 33.4 Å². The van der Waals surface area contributed by atoms with Crippen LogP contribution in [-0.2, 0) is 17.0 Å². The van der Waals surface area contributed by atoms with Crippen LogP contribution < -0.4 is 4.90 Å². The monoisotopic (exact) mass is 617 g/mol. The largest absolute Gasteiger partial charge is 0.416 e. The van der Waals surface area contributed by atoms with E-state index in [-0.39, 0.29) is 11.3 Å². The van der Waals surface area contributed by atoms with E-state index in [1.54, 1.807) is 74.0 Å². The third kappa shape index (κ3) is 4.57. The number of allylic oxidation sites excluding steroid dienone is 7. The van der Waals surface area contributed by atoms with Crippen LogP contribution >= 0.6 is 0 Å². The SMILES string of the molecule is CN1/C(=C/C=C/C=C/C2=[N+](C)c3ccc(C(F)(F)F)cc3C2(C)C)C(C)(C(F)(F)C(F)=C(F)F)c2c1ccc1ccccc21. The molecule has 0 saturated carbocycles. The minimum atomic E-state index is -4.60. The maximum absolute atomic E-state index is 15.8. The maximum atomic E-state index is 15.8. The first-order valence-electron chi connectivity index (χ1n) is 13.7. The molecule has 0 bridgehead atoms. The van der Waals surface area contributed by atoms with Gasteiger partial charge >= 0.3 is 18.2 Å². The van der Waals surface area contributed by atoms with Gasteiger partial charge in [0.15, 0.2) is 5.71 Å². The second-order valence-corrected chi connectivity index (χ2v) is 11.6. The lowest BCUT2D eigenvalue weighted by Gasteiger charge is -2.35. The average molecular weight is 618 g/mol. The molecule has 2 heterocycles. The standard InChI is InChI=1S/C34H29F8N2/c1-31(2)23-19-21(34(40,41)42)16-18-24(23)43(4)26(31)13-7-6-8-14-27-32(3,33(38,39)29(35)30(36)37)28-22-12-10-9-11-20(22)15-17-25(28)44(27)5/h6-19H,1-5H3/q+1. The van der Waals surface area contributed by atoms with Crippen molar-refractivity contribution in [2.75, 3.05) is 19.0 Å². The number of nitrogens with zero attached hydrogens (tertiary/aromatic N) is 2. The molecule has 10 heteroatoms. The molecule has 0 radical (unpaired) electrons. The Morgan fingerprint density at radius 2 is 1.55 bits per heavy atom. The van der Waals surface area contributed by atoms with Crippen LogP contribution in [-0.4, -0.2) is 30.3 Å². The fraction of sp³-hybridized carbons (Fsp3) is 0.265. The Hall–Kier alpha value is -4.21. The number of hydrogen-bond acceptors (Lipinski definition) is 1. The molecule has 0 aromatic heterocycles. The molecule has 3 aromatic carbocycles. The van der Waals surface area contributed by atoms with Gasteiger partial charge in [-0.1, -0.05) is 48.6 Å². The number of rotatable bonds is 5. The molecule has 0 saturated heterocycles. The highest BCUT2D eigenvalue weighted by atomic mass is 19.4. The van der Waals surface area contributed by atoms with Crippen LogP contribution in [0.3, 0.4) is 0 Å². The molecule has 0 spiro atoms. The van der Waals surface area contributed by atoms with Crippen molar-refractivity contribution in [1.29, 1.82) is 0 Å². The highest BCUT2D eigenvalue weighted by molar-refractivity contribution is 6.03. The first-order chi connectivity index (χ1) is 20.5. The van der Waals surface area contributed by atoms with Crippen LogP contribution in [0.4, 0.5) is 46.5 Å². The van der Waals surface area contributed by atoms with Gasteiger partial charge in [0.25, 0.3) is 0 Å². The summed E-state index contributed by atoms with van der Waals surface area (Å²) in [5.41, 5.74) is -1.95. The predicted octanol–water partition coefficient (Wildman–Crippen LogP) is 9.98. The molecule has 2 aliphatic rings. The fourth-order valence-electron chi connectivity index (χ4n) is 6.46. The van der Waals surface area contributed by atoms with Crippen molar-refractivity contribution in [2.24, 2.45) is 0 Å². The van der Waals surface area contributed by atoms with E-state index in [9.17, 15) is 26.3 Å². The van der Waals surface area contributed by atoms with Crippen LogP contribution in [0.25, 0.3) is 10.8 Å². The van der Waals surface area contributed by atoms with Crippen LogP contribution in [0.2, 0.25) is 0 Å². The first kappa shape index (κ1) is 31.2. The molecule has 0 amide bonds. The Labute approximate surface area is 249 Å². The van der Waals surface area contributed by atoms with Crippen molar-refractivity contribution < 1.29 is 39.7 Å². The van der Waals surface area contributed by atoms with Crippen molar-refractivity contribution in [2.45, 2.75) is 43.7 Å².